The van der Waals surface area contributed by atoms with Crippen molar-refractivity contribution >= 4 is 29.2 Å². The van der Waals surface area contributed by atoms with Gasteiger partial charge in [0.1, 0.15) is 18.3 Å². The third-order valence-corrected chi connectivity index (χ3v) is 4.09. The summed E-state index contributed by atoms with van der Waals surface area (Å²) in [6, 6.07) is 4.12. The zero-order valence-corrected chi connectivity index (χ0v) is 13.8. The van der Waals surface area contributed by atoms with E-state index in [9.17, 15) is 9.90 Å². The molecule has 2 rings (SSSR count). The van der Waals surface area contributed by atoms with Gasteiger partial charge in [-0.3, -0.25) is 4.79 Å². The molecule has 2 atom stereocenters. The fourth-order valence-corrected chi connectivity index (χ4v) is 2.84. The number of aliphatic hydroxyl groups is 1. The molecule has 0 radical (unpaired) electrons. The van der Waals surface area contributed by atoms with Crippen molar-refractivity contribution in [3.05, 3.63) is 46.5 Å². The van der Waals surface area contributed by atoms with E-state index in [1.165, 1.54) is 23.4 Å². The summed E-state index contributed by atoms with van der Waals surface area (Å²) in [5, 5.41) is 27.5. The Kier molecular flexibility index (Phi) is 5.59. The fraction of sp³-hybridized carbons (Fsp3) is 0.357. The van der Waals surface area contributed by atoms with Crippen molar-refractivity contribution in [1.82, 2.24) is 20.1 Å². The lowest BCUT2D eigenvalue weighted by Crippen LogP contribution is -2.50. The summed E-state index contributed by atoms with van der Waals surface area (Å²) in [6.07, 6.45) is 2.80. The number of rotatable bonds is 7. The number of benzene rings is 1. The van der Waals surface area contributed by atoms with Crippen LogP contribution in [0.3, 0.4) is 0 Å². The van der Waals surface area contributed by atoms with Gasteiger partial charge in [-0.1, -0.05) is 29.3 Å². The number of carbonyl (C=O) groups is 1. The van der Waals surface area contributed by atoms with Crippen LogP contribution < -0.4 is 5.32 Å². The van der Waals surface area contributed by atoms with Gasteiger partial charge in [-0.2, -0.15) is 5.10 Å². The zero-order chi connectivity index (χ0) is 17.0. The molecule has 0 saturated carbocycles. The summed E-state index contributed by atoms with van der Waals surface area (Å²) >= 11 is 12.1. The molecule has 0 aliphatic rings. The molecule has 2 unspecified atom stereocenters. The Labute approximate surface area is 142 Å². The minimum atomic E-state index is -1.51. The molecule has 0 saturated heterocycles. The van der Waals surface area contributed by atoms with Gasteiger partial charge in [-0.05, 0) is 19.1 Å². The summed E-state index contributed by atoms with van der Waals surface area (Å²) in [4.78, 5) is 14.6. The molecular weight excluding hydrogens is 343 g/mol. The van der Waals surface area contributed by atoms with Gasteiger partial charge in [-0.25, -0.2) is 9.67 Å². The minimum Gasteiger partial charge on any atom is -0.480 e. The van der Waals surface area contributed by atoms with Crippen LogP contribution in [-0.2, 0) is 16.9 Å². The van der Waals surface area contributed by atoms with E-state index in [-0.39, 0.29) is 18.1 Å². The summed E-state index contributed by atoms with van der Waals surface area (Å²) in [5.74, 6) is -1.03. The largest absolute Gasteiger partial charge is 0.480 e. The van der Waals surface area contributed by atoms with Crippen molar-refractivity contribution in [2.75, 3.05) is 6.54 Å². The number of nitrogens with one attached hydrogen (secondary N) is 1. The van der Waals surface area contributed by atoms with Crippen molar-refractivity contribution in [2.45, 2.75) is 25.1 Å². The monoisotopic (exact) mass is 358 g/mol. The standard InChI is InChI=1S/C14H16Cl2N4O3/c1-9(18-5-13(21)22)14(23,6-20-8-17-7-19-20)11-3-2-10(15)4-12(11)16/h2-4,7-9,18,23H,5-6H2,1H3,(H,21,22). The van der Waals surface area contributed by atoms with Crippen molar-refractivity contribution < 1.29 is 15.0 Å². The van der Waals surface area contributed by atoms with E-state index in [4.69, 9.17) is 28.3 Å². The number of hydrogen-bond acceptors (Lipinski definition) is 5. The highest BCUT2D eigenvalue weighted by Gasteiger charge is 2.38. The lowest BCUT2D eigenvalue weighted by molar-refractivity contribution is -0.136. The molecule has 0 bridgehead atoms. The van der Waals surface area contributed by atoms with E-state index >= 15 is 0 Å². The molecule has 9 heteroatoms. The molecule has 0 fully saturated rings. The SMILES string of the molecule is CC(NCC(=O)O)C(O)(Cn1cncn1)c1ccc(Cl)cc1Cl. The van der Waals surface area contributed by atoms with Crippen LogP contribution in [0.25, 0.3) is 0 Å². The molecule has 1 heterocycles. The highest BCUT2D eigenvalue weighted by atomic mass is 35.5. The van der Waals surface area contributed by atoms with Crippen LogP contribution in [0.2, 0.25) is 10.0 Å². The first-order valence-corrected chi connectivity index (χ1v) is 7.54. The Morgan fingerprint density at radius 3 is 2.78 bits per heavy atom. The van der Waals surface area contributed by atoms with E-state index < -0.39 is 17.6 Å². The normalized spacial score (nSPS) is 15.1. The van der Waals surface area contributed by atoms with Crippen molar-refractivity contribution in [2.24, 2.45) is 0 Å². The first kappa shape index (κ1) is 17.7. The first-order chi connectivity index (χ1) is 10.8. The molecule has 2 aromatic rings. The van der Waals surface area contributed by atoms with E-state index in [0.717, 1.165) is 0 Å². The maximum atomic E-state index is 11.2. The van der Waals surface area contributed by atoms with Gasteiger partial charge in [0.25, 0.3) is 0 Å². The van der Waals surface area contributed by atoms with Gasteiger partial charge in [0, 0.05) is 21.7 Å². The number of aliphatic carboxylic acids is 1. The molecule has 0 amide bonds. The Balaban J connectivity index is 2.38. The third kappa shape index (κ3) is 4.20. The Bertz CT molecular complexity index is 681. The Hall–Kier alpha value is -1.67. The summed E-state index contributed by atoms with van der Waals surface area (Å²) in [6.45, 7) is 1.42. The lowest BCUT2D eigenvalue weighted by Gasteiger charge is -2.35. The van der Waals surface area contributed by atoms with E-state index in [1.807, 2.05) is 0 Å². The highest BCUT2D eigenvalue weighted by Crippen LogP contribution is 2.34. The quantitative estimate of drug-likeness (QED) is 0.693. The van der Waals surface area contributed by atoms with Crippen LogP contribution in [0.5, 0.6) is 0 Å². The molecule has 0 aliphatic heterocycles. The van der Waals surface area contributed by atoms with Crippen molar-refractivity contribution in [3.8, 4) is 0 Å². The number of hydrogen-bond donors (Lipinski definition) is 3. The van der Waals surface area contributed by atoms with Gasteiger partial charge in [0.2, 0.25) is 0 Å². The van der Waals surface area contributed by atoms with Gasteiger partial charge in [-0.15, -0.1) is 0 Å². The predicted octanol–water partition coefficient (Wildman–Crippen LogP) is 1.54. The molecular formula is C14H16Cl2N4O3. The van der Waals surface area contributed by atoms with Gasteiger partial charge < -0.3 is 15.5 Å². The second-order valence-corrected chi connectivity index (χ2v) is 5.98. The van der Waals surface area contributed by atoms with E-state index in [0.29, 0.717) is 10.6 Å². The van der Waals surface area contributed by atoms with E-state index in [1.54, 1.807) is 19.1 Å². The van der Waals surface area contributed by atoms with Crippen LogP contribution >= 0.6 is 23.2 Å². The number of aromatic nitrogens is 3. The second kappa shape index (κ2) is 7.27. The summed E-state index contributed by atoms with van der Waals surface area (Å²) in [7, 11) is 0. The van der Waals surface area contributed by atoms with Crippen molar-refractivity contribution in [3.63, 3.8) is 0 Å². The smallest absolute Gasteiger partial charge is 0.317 e. The maximum Gasteiger partial charge on any atom is 0.317 e. The minimum absolute atomic E-state index is 0.0438. The average Bonchev–Trinajstić information content (AvgIpc) is 2.97. The molecule has 1 aromatic heterocycles. The van der Waals surface area contributed by atoms with Crippen LogP contribution in [0, 0.1) is 0 Å². The topological polar surface area (TPSA) is 100 Å². The number of carboxylic acids is 1. The lowest BCUT2D eigenvalue weighted by atomic mass is 9.86. The summed E-state index contributed by atoms with van der Waals surface area (Å²) < 4.78 is 1.45. The number of nitrogens with zero attached hydrogens (tertiary/aromatic N) is 3. The number of halogens is 2. The van der Waals surface area contributed by atoms with Crippen LogP contribution in [-0.4, -0.2) is 43.5 Å². The van der Waals surface area contributed by atoms with Crippen molar-refractivity contribution in [1.29, 1.82) is 0 Å². The van der Waals surface area contributed by atoms with E-state index in [2.05, 4.69) is 15.4 Å². The fourth-order valence-electron chi connectivity index (χ4n) is 2.27. The Morgan fingerprint density at radius 1 is 1.48 bits per heavy atom. The van der Waals surface area contributed by atoms with Gasteiger partial charge in [0.05, 0.1) is 13.1 Å². The molecule has 124 valence electrons. The predicted molar refractivity (Wildman–Crippen MR) is 85.5 cm³/mol. The molecule has 1 aromatic carbocycles. The molecule has 7 nitrogen and oxygen atoms in total. The molecule has 3 N–H and O–H groups in total. The summed E-state index contributed by atoms with van der Waals surface area (Å²) in [5.41, 5.74) is -1.09. The Morgan fingerprint density at radius 2 is 2.22 bits per heavy atom. The van der Waals surface area contributed by atoms with Gasteiger partial charge in [0.15, 0.2) is 0 Å². The van der Waals surface area contributed by atoms with Crippen LogP contribution in [0.1, 0.15) is 12.5 Å². The first-order valence-electron chi connectivity index (χ1n) is 6.78. The molecule has 0 aliphatic carbocycles. The zero-order valence-electron chi connectivity index (χ0n) is 12.3. The molecule has 0 spiro atoms. The van der Waals surface area contributed by atoms with Gasteiger partial charge >= 0.3 is 5.97 Å². The second-order valence-electron chi connectivity index (χ2n) is 5.14. The maximum absolute atomic E-state index is 11.2. The van der Waals surface area contributed by atoms with Crippen LogP contribution in [0.15, 0.2) is 30.9 Å². The average molecular weight is 359 g/mol. The van der Waals surface area contributed by atoms with Crippen LogP contribution in [0.4, 0.5) is 0 Å². The highest BCUT2D eigenvalue weighted by molar-refractivity contribution is 6.35. The molecule has 23 heavy (non-hydrogen) atoms. The number of carboxylic acid groups (broad SMARTS) is 1. The third-order valence-electron chi connectivity index (χ3n) is 3.54.